The molecule has 0 aliphatic rings. The zero-order valence-corrected chi connectivity index (χ0v) is 38.9. The van der Waals surface area contributed by atoms with Gasteiger partial charge in [-0.15, -0.1) is 0 Å². The van der Waals surface area contributed by atoms with Crippen LogP contribution in [0, 0.1) is 6.92 Å². The van der Waals surface area contributed by atoms with Crippen molar-refractivity contribution in [3.8, 4) is 45.9 Å². The van der Waals surface area contributed by atoms with Crippen LogP contribution < -0.4 is 20.9 Å². The number of hydrogen-bond acceptors (Lipinski definition) is 12. The fourth-order valence-corrected chi connectivity index (χ4v) is 9.51. The first kappa shape index (κ1) is 45.9. The summed E-state index contributed by atoms with van der Waals surface area (Å²) < 4.78 is 42.8. The molecular weight excluding hydrogens is 933 g/mol. The number of phenols is 2. The average molecular weight is 975 g/mol. The molecule has 0 saturated heterocycles. The Morgan fingerprint density at radius 2 is 1.07 bits per heavy atom. The summed E-state index contributed by atoms with van der Waals surface area (Å²) in [6, 6.07) is 51.8. The summed E-state index contributed by atoms with van der Waals surface area (Å²) in [6.45, 7) is 1.86. The molecule has 11 aromatic rings. The lowest BCUT2D eigenvalue weighted by Gasteiger charge is -2.12. The summed E-state index contributed by atoms with van der Waals surface area (Å²) in [6.07, 6.45) is 2.71. The number of aromatic amines is 1. The van der Waals surface area contributed by atoms with Gasteiger partial charge in [-0.1, -0.05) is 90.5 Å². The van der Waals surface area contributed by atoms with E-state index in [0.717, 1.165) is 20.4 Å². The van der Waals surface area contributed by atoms with Crippen LogP contribution in [0.4, 0.5) is 11.6 Å². The molecule has 0 saturated carbocycles. The lowest BCUT2D eigenvalue weighted by molar-refractivity contribution is 0.102. The number of nitrogens with one attached hydrogen (secondary N) is 1. The average Bonchev–Trinajstić information content (AvgIpc) is 4.20. The summed E-state index contributed by atoms with van der Waals surface area (Å²) in [7, 11) is -4.14. The Bertz CT molecular complexity index is 3910. The van der Waals surface area contributed by atoms with Crippen LogP contribution >= 0.6 is 0 Å². The van der Waals surface area contributed by atoms with Gasteiger partial charge in [0.05, 0.1) is 51.0 Å². The van der Waals surface area contributed by atoms with Gasteiger partial charge < -0.3 is 36.1 Å². The van der Waals surface area contributed by atoms with Crippen molar-refractivity contribution in [1.82, 2.24) is 28.5 Å². The van der Waals surface area contributed by atoms with Crippen LogP contribution in [0.5, 0.6) is 34.5 Å². The molecule has 11 rings (SSSR count). The standard InChI is InChI=1S/C31H24N4O5S.C24H18N4O3/c1-20-11-14-24(15-12-20)41(38,39)35-26-10-6-5-7-21(26)17-27(35)30(37)25-19-33-34(31(25)32)22-13-16-29(28(36)18-22)40-23-8-3-2-4-9-23;25-24-18(23(30)20-12-15-6-4-5-9-19(15)27-20)14-26-28(24)16-10-11-22(21(29)13-16)31-17-7-2-1-3-8-17/h2-19,36H,32H2,1H3;1-14,27,29H,25H2. The number of para-hydroxylation sites is 4. The molecule has 356 valence electrons. The zero-order chi connectivity index (χ0) is 50.1. The van der Waals surface area contributed by atoms with Gasteiger partial charge in [-0.3, -0.25) is 9.59 Å². The van der Waals surface area contributed by atoms with E-state index in [4.69, 9.17) is 20.9 Å². The van der Waals surface area contributed by atoms with Gasteiger partial charge in [0.1, 0.15) is 28.8 Å². The molecule has 0 aliphatic carbocycles. The third-order valence-corrected chi connectivity index (χ3v) is 13.4. The molecule has 4 aromatic heterocycles. The largest absolute Gasteiger partial charge is 0.504 e. The quantitative estimate of drug-likeness (QED) is 0.0719. The number of H-pyrrole nitrogens is 1. The van der Waals surface area contributed by atoms with Gasteiger partial charge in [0.15, 0.2) is 23.0 Å². The van der Waals surface area contributed by atoms with Crippen LogP contribution in [0.2, 0.25) is 0 Å². The molecule has 17 heteroatoms. The number of aromatic hydroxyl groups is 2. The van der Waals surface area contributed by atoms with Crippen LogP contribution in [0.1, 0.15) is 37.7 Å². The summed E-state index contributed by atoms with van der Waals surface area (Å²) >= 11 is 0. The van der Waals surface area contributed by atoms with Crippen LogP contribution in [0.25, 0.3) is 33.2 Å². The first-order chi connectivity index (χ1) is 34.8. The van der Waals surface area contributed by atoms with Crippen LogP contribution in [-0.4, -0.2) is 58.7 Å². The van der Waals surface area contributed by atoms with Gasteiger partial charge >= 0.3 is 0 Å². The van der Waals surface area contributed by atoms with Gasteiger partial charge in [0.2, 0.25) is 11.6 Å². The molecule has 72 heavy (non-hydrogen) atoms. The lowest BCUT2D eigenvalue weighted by Crippen LogP contribution is -2.19. The van der Waals surface area contributed by atoms with Crippen molar-refractivity contribution in [2.45, 2.75) is 11.8 Å². The SMILES string of the molecule is Cc1ccc(S(=O)(=O)n2c(C(=O)c3cnn(-c4ccc(Oc5ccccc5)c(O)c4)c3N)cc3ccccc32)cc1.Nc1c(C(=O)c2cc3ccccc3[nH]2)cnn1-c1ccc(Oc2ccccc2)c(O)c1. The fourth-order valence-electron chi connectivity index (χ4n) is 8.00. The fraction of sp³-hybridized carbons (Fsp3) is 0.0182. The number of carbonyl (C=O) groups is 2. The first-order valence-electron chi connectivity index (χ1n) is 22.2. The third-order valence-electron chi connectivity index (χ3n) is 11.7. The smallest absolute Gasteiger partial charge is 0.268 e. The highest BCUT2D eigenvalue weighted by atomic mass is 32.2. The van der Waals surface area contributed by atoms with Crippen molar-refractivity contribution in [2.24, 2.45) is 0 Å². The van der Waals surface area contributed by atoms with E-state index in [9.17, 15) is 28.2 Å². The van der Waals surface area contributed by atoms with E-state index in [0.29, 0.717) is 45.2 Å². The molecule has 0 aliphatic heterocycles. The lowest BCUT2D eigenvalue weighted by atomic mass is 10.1. The normalized spacial score (nSPS) is 11.3. The molecule has 0 unspecified atom stereocenters. The summed E-state index contributed by atoms with van der Waals surface area (Å²) in [5, 5.41) is 31.0. The second-order valence-corrected chi connectivity index (χ2v) is 18.2. The minimum Gasteiger partial charge on any atom is -0.504 e. The molecule has 16 nitrogen and oxygen atoms in total. The predicted molar refractivity (Wildman–Crippen MR) is 273 cm³/mol. The highest BCUT2D eigenvalue weighted by molar-refractivity contribution is 7.90. The Balaban J connectivity index is 0.000000172. The van der Waals surface area contributed by atoms with E-state index in [1.165, 1.54) is 52.1 Å². The number of benzene rings is 7. The molecule has 0 spiro atoms. The number of aromatic nitrogens is 6. The van der Waals surface area contributed by atoms with Crippen molar-refractivity contribution in [3.05, 3.63) is 222 Å². The highest BCUT2D eigenvalue weighted by Crippen LogP contribution is 2.36. The van der Waals surface area contributed by atoms with E-state index in [1.54, 1.807) is 91.0 Å². The number of ketones is 2. The maximum Gasteiger partial charge on any atom is 0.268 e. The minimum atomic E-state index is -4.14. The zero-order valence-electron chi connectivity index (χ0n) is 38.1. The summed E-state index contributed by atoms with van der Waals surface area (Å²) in [5.41, 5.74) is 16.3. The Hall–Kier alpha value is -9.87. The maximum atomic E-state index is 13.9. The van der Waals surface area contributed by atoms with Gasteiger partial charge in [-0.25, -0.2) is 21.8 Å². The molecule has 0 atom stereocenters. The van der Waals surface area contributed by atoms with Crippen molar-refractivity contribution in [1.29, 1.82) is 0 Å². The second kappa shape index (κ2) is 18.9. The number of anilines is 2. The molecule has 7 N–H and O–H groups in total. The summed E-state index contributed by atoms with van der Waals surface area (Å²) in [5.74, 6) is 0.756. The molecule has 7 aromatic carbocycles. The van der Waals surface area contributed by atoms with Gasteiger partial charge in [-0.05, 0) is 91.9 Å². The van der Waals surface area contributed by atoms with E-state index in [1.807, 2.05) is 67.6 Å². The number of nitrogen functional groups attached to an aromatic ring is 2. The van der Waals surface area contributed by atoms with E-state index in [2.05, 4.69) is 15.2 Å². The number of hydrogen-bond donors (Lipinski definition) is 5. The van der Waals surface area contributed by atoms with Crippen molar-refractivity contribution in [2.75, 3.05) is 11.5 Å². The van der Waals surface area contributed by atoms with Crippen LogP contribution in [0.15, 0.2) is 199 Å². The number of ether oxygens (including phenoxy) is 2. The van der Waals surface area contributed by atoms with E-state index in [-0.39, 0.29) is 56.4 Å². The number of aryl methyl sites for hydroxylation is 1. The maximum absolute atomic E-state index is 13.9. The van der Waals surface area contributed by atoms with Crippen molar-refractivity contribution < 1.29 is 37.7 Å². The topological polar surface area (TPSA) is 236 Å². The van der Waals surface area contributed by atoms with Crippen LogP contribution in [-0.2, 0) is 10.0 Å². The number of phenolic OH excluding ortho intramolecular Hbond substituents is 2. The van der Waals surface area contributed by atoms with Crippen LogP contribution in [0.3, 0.4) is 0 Å². The second-order valence-electron chi connectivity index (χ2n) is 16.4. The number of rotatable bonds is 12. The Kier molecular flexibility index (Phi) is 12.0. The molecular formula is C55H42N8O8S. The van der Waals surface area contributed by atoms with E-state index < -0.39 is 15.8 Å². The number of nitrogens with two attached hydrogens (primary N) is 2. The van der Waals surface area contributed by atoms with Gasteiger partial charge in [-0.2, -0.15) is 10.2 Å². The molecule has 4 heterocycles. The molecule has 0 radical (unpaired) electrons. The Labute approximate surface area is 411 Å². The Morgan fingerprint density at radius 1 is 0.569 bits per heavy atom. The third kappa shape index (κ3) is 8.85. The minimum absolute atomic E-state index is 0.0114. The summed E-state index contributed by atoms with van der Waals surface area (Å²) in [4.78, 5) is 30.0. The van der Waals surface area contributed by atoms with Crippen molar-refractivity contribution in [3.63, 3.8) is 0 Å². The predicted octanol–water partition coefficient (Wildman–Crippen LogP) is 10.3. The molecule has 0 amide bonds. The highest BCUT2D eigenvalue weighted by Gasteiger charge is 2.29. The number of nitrogens with zero attached hydrogens (tertiary/aromatic N) is 5. The first-order valence-corrected chi connectivity index (χ1v) is 23.7. The molecule has 0 fully saturated rings. The monoisotopic (exact) mass is 974 g/mol. The van der Waals surface area contributed by atoms with Gasteiger partial charge in [0.25, 0.3) is 10.0 Å². The van der Waals surface area contributed by atoms with Gasteiger partial charge in [0, 0.05) is 28.4 Å². The van der Waals surface area contributed by atoms with E-state index >= 15 is 0 Å². The molecule has 0 bridgehead atoms. The number of fused-ring (bicyclic) bond motifs is 2. The Morgan fingerprint density at radius 3 is 1.61 bits per heavy atom. The van der Waals surface area contributed by atoms with Crippen molar-refractivity contribution >= 4 is 55.0 Å². The number of carbonyl (C=O) groups excluding carboxylic acids is 2.